The minimum Gasteiger partial charge on any atom is -0.322 e. The molecule has 2 rings (SSSR count). The maximum Gasteiger partial charge on any atom is 0.283 e. The third kappa shape index (κ3) is 3.69. The predicted octanol–water partition coefficient (Wildman–Crippen LogP) is 4.31. The maximum absolute atomic E-state index is 12.0. The number of anilines is 1. The van der Waals surface area contributed by atoms with Crippen LogP contribution < -0.4 is 5.32 Å². The Bertz CT molecular complexity index is 740. The molecule has 1 amide bonds. The van der Waals surface area contributed by atoms with Crippen LogP contribution in [0.3, 0.4) is 0 Å². The number of rotatable bonds is 3. The van der Waals surface area contributed by atoms with Gasteiger partial charge in [-0.15, -0.1) is 0 Å². The van der Waals surface area contributed by atoms with Crippen LogP contribution in [0, 0.1) is 10.1 Å². The second-order valence-corrected chi connectivity index (χ2v) is 5.45. The molecule has 2 aromatic rings. The van der Waals surface area contributed by atoms with E-state index in [9.17, 15) is 14.9 Å². The van der Waals surface area contributed by atoms with Crippen LogP contribution in [0.15, 0.2) is 34.8 Å². The van der Waals surface area contributed by atoms with Crippen molar-refractivity contribution in [2.24, 2.45) is 0 Å². The Morgan fingerprint density at radius 3 is 2.57 bits per heavy atom. The number of carbonyl (C=O) groups excluding carboxylic acids is 1. The standard InChI is InChI=1S/C12H6BrCl2N3O3/c13-8-5-6(1-3-9(8)18(20)21)16-12(19)7-2-4-10(14)17-11(7)15/h1-5H,(H,16,19). The second kappa shape index (κ2) is 6.38. The highest BCUT2D eigenvalue weighted by Crippen LogP contribution is 2.28. The summed E-state index contributed by atoms with van der Waals surface area (Å²) >= 11 is 14.6. The number of hydrogen-bond donors (Lipinski definition) is 1. The van der Waals surface area contributed by atoms with Gasteiger partial charge in [-0.25, -0.2) is 4.98 Å². The number of halogens is 3. The summed E-state index contributed by atoms with van der Waals surface area (Å²) in [5.74, 6) is -0.495. The van der Waals surface area contributed by atoms with Crippen molar-refractivity contribution < 1.29 is 9.72 Å². The minimum atomic E-state index is -0.532. The van der Waals surface area contributed by atoms with E-state index in [1.54, 1.807) is 0 Å². The van der Waals surface area contributed by atoms with Crippen LogP contribution in [0.25, 0.3) is 0 Å². The molecule has 6 nitrogen and oxygen atoms in total. The van der Waals surface area contributed by atoms with Crippen LogP contribution >= 0.6 is 39.1 Å². The van der Waals surface area contributed by atoms with E-state index in [2.05, 4.69) is 26.2 Å². The molecule has 0 radical (unpaired) electrons. The number of hydrogen-bond acceptors (Lipinski definition) is 4. The zero-order valence-corrected chi connectivity index (χ0v) is 13.2. The third-order valence-corrected chi connectivity index (χ3v) is 3.60. The fraction of sp³-hybridized carbons (Fsp3) is 0. The van der Waals surface area contributed by atoms with E-state index in [4.69, 9.17) is 23.2 Å². The highest BCUT2D eigenvalue weighted by molar-refractivity contribution is 9.10. The van der Waals surface area contributed by atoms with Crippen LogP contribution in [0.4, 0.5) is 11.4 Å². The van der Waals surface area contributed by atoms with Gasteiger partial charge in [0, 0.05) is 11.8 Å². The first-order valence-electron chi connectivity index (χ1n) is 5.46. The molecule has 0 atom stereocenters. The van der Waals surface area contributed by atoms with Crippen molar-refractivity contribution in [1.29, 1.82) is 0 Å². The van der Waals surface area contributed by atoms with Crippen LogP contribution in [0.5, 0.6) is 0 Å². The average molecular weight is 391 g/mol. The lowest BCUT2D eigenvalue weighted by Crippen LogP contribution is -2.13. The summed E-state index contributed by atoms with van der Waals surface area (Å²) in [5.41, 5.74) is 0.429. The van der Waals surface area contributed by atoms with Crippen LogP contribution in [-0.2, 0) is 0 Å². The van der Waals surface area contributed by atoms with E-state index in [-0.39, 0.29) is 26.0 Å². The maximum atomic E-state index is 12.0. The summed E-state index contributed by atoms with van der Waals surface area (Å²) in [6.07, 6.45) is 0. The predicted molar refractivity (Wildman–Crippen MR) is 83.0 cm³/mol. The molecule has 108 valence electrons. The molecule has 0 bridgehead atoms. The van der Waals surface area contributed by atoms with Gasteiger partial charge < -0.3 is 5.32 Å². The molecule has 1 N–H and O–H groups in total. The summed E-state index contributed by atoms with van der Waals surface area (Å²) in [6.45, 7) is 0. The number of aromatic nitrogens is 1. The Kier molecular flexibility index (Phi) is 4.76. The number of nitro groups is 1. The summed E-state index contributed by atoms with van der Waals surface area (Å²) in [4.78, 5) is 26.0. The molecule has 0 aliphatic carbocycles. The van der Waals surface area contributed by atoms with E-state index in [0.29, 0.717) is 5.69 Å². The lowest BCUT2D eigenvalue weighted by Gasteiger charge is -2.07. The van der Waals surface area contributed by atoms with E-state index < -0.39 is 10.8 Å². The molecule has 0 saturated heterocycles. The molecular formula is C12H6BrCl2N3O3. The quantitative estimate of drug-likeness (QED) is 0.480. The Morgan fingerprint density at radius 2 is 2.00 bits per heavy atom. The third-order valence-electron chi connectivity index (χ3n) is 2.46. The van der Waals surface area contributed by atoms with Crippen molar-refractivity contribution in [2.75, 3.05) is 5.32 Å². The van der Waals surface area contributed by atoms with Crippen molar-refractivity contribution in [3.05, 3.63) is 60.8 Å². The highest BCUT2D eigenvalue weighted by Gasteiger charge is 2.15. The van der Waals surface area contributed by atoms with E-state index in [0.717, 1.165) is 0 Å². The minimum absolute atomic E-state index is 0.0269. The molecule has 1 aromatic heterocycles. The first-order valence-corrected chi connectivity index (χ1v) is 7.00. The van der Waals surface area contributed by atoms with E-state index in [1.165, 1.54) is 30.3 Å². The largest absolute Gasteiger partial charge is 0.322 e. The number of nitro benzene ring substituents is 1. The Morgan fingerprint density at radius 1 is 1.29 bits per heavy atom. The van der Waals surface area contributed by atoms with Crippen molar-refractivity contribution in [3.63, 3.8) is 0 Å². The van der Waals surface area contributed by atoms with Crippen molar-refractivity contribution >= 4 is 56.4 Å². The Balaban J connectivity index is 2.23. The zero-order valence-electron chi connectivity index (χ0n) is 10.1. The van der Waals surface area contributed by atoms with Crippen LogP contribution in [0.2, 0.25) is 10.3 Å². The van der Waals surface area contributed by atoms with Gasteiger partial charge >= 0.3 is 0 Å². The van der Waals surface area contributed by atoms with Crippen molar-refractivity contribution in [1.82, 2.24) is 4.98 Å². The second-order valence-electron chi connectivity index (χ2n) is 3.85. The number of nitrogens with one attached hydrogen (secondary N) is 1. The van der Waals surface area contributed by atoms with Crippen molar-refractivity contribution in [2.45, 2.75) is 0 Å². The van der Waals surface area contributed by atoms with E-state index >= 15 is 0 Å². The smallest absolute Gasteiger partial charge is 0.283 e. The Hall–Kier alpha value is -1.70. The van der Waals surface area contributed by atoms with Crippen LogP contribution in [-0.4, -0.2) is 15.8 Å². The van der Waals surface area contributed by atoms with Gasteiger partial charge in [0.15, 0.2) is 0 Å². The molecule has 0 unspecified atom stereocenters. The summed E-state index contributed by atoms with van der Waals surface area (Å²) in [7, 11) is 0. The molecule has 0 aliphatic rings. The van der Waals surface area contributed by atoms with Gasteiger partial charge in [-0.1, -0.05) is 23.2 Å². The van der Waals surface area contributed by atoms with E-state index in [1.807, 2.05) is 0 Å². The van der Waals surface area contributed by atoms with Gasteiger partial charge in [-0.3, -0.25) is 14.9 Å². The number of amides is 1. The summed E-state index contributed by atoms with van der Waals surface area (Å²) in [5, 5.41) is 13.4. The topological polar surface area (TPSA) is 85.1 Å². The number of nitrogens with zero attached hydrogens (tertiary/aromatic N) is 2. The fourth-order valence-corrected chi connectivity index (χ4v) is 2.47. The normalized spacial score (nSPS) is 10.2. The summed E-state index contributed by atoms with van der Waals surface area (Å²) < 4.78 is 0.255. The number of pyridine rings is 1. The average Bonchev–Trinajstić information content (AvgIpc) is 2.37. The lowest BCUT2D eigenvalue weighted by molar-refractivity contribution is -0.385. The number of carbonyl (C=O) groups is 1. The molecular weight excluding hydrogens is 385 g/mol. The van der Waals surface area contributed by atoms with Gasteiger partial charge in [0.2, 0.25) is 0 Å². The molecule has 0 fully saturated rings. The summed E-state index contributed by atoms with van der Waals surface area (Å²) in [6, 6.07) is 6.99. The molecule has 1 heterocycles. The fourth-order valence-electron chi connectivity index (χ4n) is 1.51. The highest BCUT2D eigenvalue weighted by atomic mass is 79.9. The first kappa shape index (κ1) is 15.7. The first-order chi connectivity index (χ1) is 9.88. The van der Waals surface area contributed by atoms with Crippen LogP contribution in [0.1, 0.15) is 10.4 Å². The van der Waals surface area contributed by atoms with Gasteiger partial charge in [-0.05, 0) is 40.2 Å². The molecule has 0 spiro atoms. The molecule has 0 aliphatic heterocycles. The monoisotopic (exact) mass is 389 g/mol. The van der Waals surface area contributed by atoms with Crippen molar-refractivity contribution in [3.8, 4) is 0 Å². The molecule has 0 saturated carbocycles. The zero-order chi connectivity index (χ0) is 15.6. The van der Waals surface area contributed by atoms with Gasteiger partial charge in [0.05, 0.1) is 15.0 Å². The Labute approximate surface area is 137 Å². The lowest BCUT2D eigenvalue weighted by atomic mass is 10.2. The number of benzene rings is 1. The van der Waals surface area contributed by atoms with Gasteiger partial charge in [-0.2, -0.15) is 0 Å². The van der Waals surface area contributed by atoms with Gasteiger partial charge in [0.1, 0.15) is 10.3 Å². The molecule has 21 heavy (non-hydrogen) atoms. The SMILES string of the molecule is O=C(Nc1ccc([N+](=O)[O-])c(Br)c1)c1ccc(Cl)nc1Cl. The molecule has 9 heteroatoms. The van der Waals surface area contributed by atoms with Gasteiger partial charge in [0.25, 0.3) is 11.6 Å². The molecule has 1 aromatic carbocycles.